The first kappa shape index (κ1) is 15.4. The van der Waals surface area contributed by atoms with Crippen LogP contribution in [0.4, 0.5) is 0 Å². The normalized spacial score (nSPS) is 13.6. The molecule has 0 spiro atoms. The maximum Gasteiger partial charge on any atom is 0.126 e. The second-order valence-electron chi connectivity index (χ2n) is 5.60. The smallest absolute Gasteiger partial charge is 0.126 e. The first-order chi connectivity index (χ1) is 8.37. The van der Waals surface area contributed by atoms with Crippen LogP contribution in [0.1, 0.15) is 26.3 Å². The molecule has 1 aromatic carbocycles. The lowest BCUT2D eigenvalue weighted by molar-refractivity contribution is -0.722. The standard InChI is InChI=1S/C14H22ClNO2/c1-14(2,3)16-8-13(17)10-18-9-11-4-6-12(15)7-5-11/h4-7,13,16-17H,8-10H2,1-3H3/p+1/t13-/m1/s1. The zero-order valence-electron chi connectivity index (χ0n) is 11.3. The van der Waals surface area contributed by atoms with Gasteiger partial charge in [-0.25, -0.2) is 0 Å². The van der Waals surface area contributed by atoms with Gasteiger partial charge in [0.15, 0.2) is 0 Å². The van der Waals surface area contributed by atoms with Crippen molar-refractivity contribution in [1.82, 2.24) is 0 Å². The summed E-state index contributed by atoms with van der Waals surface area (Å²) in [4.78, 5) is 0. The van der Waals surface area contributed by atoms with Crippen LogP contribution in [0.25, 0.3) is 0 Å². The van der Waals surface area contributed by atoms with Crippen molar-refractivity contribution < 1.29 is 15.2 Å². The number of ether oxygens (including phenoxy) is 1. The number of nitrogens with two attached hydrogens (primary N) is 1. The molecule has 0 amide bonds. The van der Waals surface area contributed by atoms with Gasteiger partial charge in [-0.15, -0.1) is 0 Å². The topological polar surface area (TPSA) is 46.1 Å². The molecule has 0 aromatic heterocycles. The van der Waals surface area contributed by atoms with Gasteiger partial charge in [0.1, 0.15) is 12.6 Å². The van der Waals surface area contributed by atoms with Gasteiger partial charge in [-0.2, -0.15) is 0 Å². The second-order valence-corrected chi connectivity index (χ2v) is 6.04. The van der Waals surface area contributed by atoms with Gasteiger partial charge < -0.3 is 15.2 Å². The average molecular weight is 273 g/mol. The minimum atomic E-state index is -0.434. The lowest BCUT2D eigenvalue weighted by atomic mass is 10.1. The maximum atomic E-state index is 9.76. The van der Waals surface area contributed by atoms with E-state index in [1.54, 1.807) is 0 Å². The van der Waals surface area contributed by atoms with Gasteiger partial charge in [-0.1, -0.05) is 23.7 Å². The van der Waals surface area contributed by atoms with E-state index in [2.05, 4.69) is 26.1 Å². The van der Waals surface area contributed by atoms with E-state index >= 15 is 0 Å². The third kappa shape index (κ3) is 6.97. The van der Waals surface area contributed by atoms with E-state index in [-0.39, 0.29) is 5.54 Å². The molecule has 1 atom stereocenters. The predicted molar refractivity (Wildman–Crippen MR) is 73.7 cm³/mol. The number of aliphatic hydroxyl groups is 1. The number of hydrogen-bond donors (Lipinski definition) is 2. The van der Waals surface area contributed by atoms with E-state index in [0.717, 1.165) is 10.6 Å². The highest BCUT2D eigenvalue weighted by Crippen LogP contribution is 2.10. The highest BCUT2D eigenvalue weighted by Gasteiger charge is 2.16. The first-order valence-corrected chi connectivity index (χ1v) is 6.59. The van der Waals surface area contributed by atoms with Gasteiger partial charge >= 0.3 is 0 Å². The Labute approximate surface area is 114 Å². The third-order valence-corrected chi connectivity index (χ3v) is 2.75. The molecule has 0 aliphatic rings. The minimum absolute atomic E-state index is 0.136. The van der Waals surface area contributed by atoms with Gasteiger partial charge in [-0.05, 0) is 38.5 Å². The van der Waals surface area contributed by atoms with Crippen LogP contribution in [0.15, 0.2) is 24.3 Å². The van der Waals surface area contributed by atoms with Crippen LogP contribution in [0.5, 0.6) is 0 Å². The lowest BCUT2D eigenvalue weighted by Crippen LogP contribution is -2.96. The number of hydrogen-bond acceptors (Lipinski definition) is 2. The van der Waals surface area contributed by atoms with Crippen LogP contribution in [-0.4, -0.2) is 29.9 Å². The molecule has 1 rings (SSSR count). The molecule has 0 aliphatic heterocycles. The van der Waals surface area contributed by atoms with Crippen molar-refractivity contribution in [2.45, 2.75) is 39.0 Å². The quantitative estimate of drug-likeness (QED) is 0.826. The lowest BCUT2D eigenvalue weighted by Gasteiger charge is -2.19. The van der Waals surface area contributed by atoms with E-state index in [9.17, 15) is 5.11 Å². The summed E-state index contributed by atoms with van der Waals surface area (Å²) in [5.41, 5.74) is 1.20. The largest absolute Gasteiger partial charge is 0.385 e. The van der Waals surface area contributed by atoms with E-state index in [4.69, 9.17) is 16.3 Å². The van der Waals surface area contributed by atoms with Crippen molar-refractivity contribution in [3.8, 4) is 0 Å². The zero-order valence-corrected chi connectivity index (χ0v) is 12.1. The summed E-state index contributed by atoms with van der Waals surface area (Å²) in [5, 5.41) is 12.6. The summed E-state index contributed by atoms with van der Waals surface area (Å²) in [6, 6.07) is 7.53. The number of rotatable bonds is 6. The van der Waals surface area contributed by atoms with Gasteiger partial charge in [0.2, 0.25) is 0 Å². The molecule has 3 N–H and O–H groups in total. The fourth-order valence-corrected chi connectivity index (χ4v) is 1.58. The summed E-state index contributed by atoms with van der Waals surface area (Å²) >= 11 is 5.80. The van der Waals surface area contributed by atoms with E-state index in [1.165, 1.54) is 0 Å². The molecule has 3 nitrogen and oxygen atoms in total. The number of halogens is 1. The molecule has 0 saturated heterocycles. The molecule has 0 saturated carbocycles. The summed E-state index contributed by atoms with van der Waals surface area (Å²) in [6.45, 7) is 7.87. The SMILES string of the molecule is CC(C)(C)[NH2+]C[C@@H](O)COCc1ccc(Cl)cc1. The molecule has 0 bridgehead atoms. The van der Waals surface area contributed by atoms with Crippen molar-refractivity contribution in [1.29, 1.82) is 0 Å². The zero-order chi connectivity index (χ0) is 13.6. The van der Waals surface area contributed by atoms with Gasteiger partial charge in [0, 0.05) is 5.02 Å². The fourth-order valence-electron chi connectivity index (χ4n) is 1.45. The molecule has 4 heteroatoms. The van der Waals surface area contributed by atoms with Gasteiger partial charge in [0.05, 0.1) is 18.8 Å². The Morgan fingerprint density at radius 1 is 1.28 bits per heavy atom. The van der Waals surface area contributed by atoms with Crippen molar-refractivity contribution in [2.24, 2.45) is 0 Å². The average Bonchev–Trinajstić information content (AvgIpc) is 2.28. The first-order valence-electron chi connectivity index (χ1n) is 6.21. The molecule has 0 fully saturated rings. The molecule has 0 unspecified atom stereocenters. The Hall–Kier alpha value is -0.610. The van der Waals surface area contributed by atoms with Crippen molar-refractivity contribution in [2.75, 3.05) is 13.2 Å². The molecular weight excluding hydrogens is 250 g/mol. The monoisotopic (exact) mass is 272 g/mol. The van der Waals surface area contributed by atoms with E-state index in [0.29, 0.717) is 19.8 Å². The van der Waals surface area contributed by atoms with Crippen molar-refractivity contribution in [3.05, 3.63) is 34.9 Å². The Balaban J connectivity index is 2.19. The number of quaternary nitrogens is 1. The molecule has 102 valence electrons. The van der Waals surface area contributed by atoms with Crippen molar-refractivity contribution in [3.63, 3.8) is 0 Å². The van der Waals surface area contributed by atoms with E-state index in [1.807, 2.05) is 24.3 Å². The van der Waals surface area contributed by atoms with Crippen LogP contribution in [0.3, 0.4) is 0 Å². The Morgan fingerprint density at radius 3 is 2.44 bits per heavy atom. The summed E-state index contributed by atoms with van der Waals surface area (Å²) in [5.74, 6) is 0. The number of aliphatic hydroxyl groups excluding tert-OH is 1. The molecule has 1 aromatic rings. The summed E-state index contributed by atoms with van der Waals surface area (Å²) in [7, 11) is 0. The highest BCUT2D eigenvalue weighted by molar-refractivity contribution is 6.30. The van der Waals surface area contributed by atoms with Crippen LogP contribution in [-0.2, 0) is 11.3 Å². The van der Waals surface area contributed by atoms with E-state index < -0.39 is 6.10 Å². The molecule has 0 heterocycles. The Morgan fingerprint density at radius 2 is 1.89 bits per heavy atom. The Kier molecular flexibility index (Phi) is 6.09. The minimum Gasteiger partial charge on any atom is -0.385 e. The molecular formula is C14H23ClNO2+. The second kappa shape index (κ2) is 7.10. The molecule has 0 radical (unpaired) electrons. The fraction of sp³-hybridized carbons (Fsp3) is 0.571. The molecule has 0 aliphatic carbocycles. The van der Waals surface area contributed by atoms with Crippen LogP contribution in [0, 0.1) is 0 Å². The predicted octanol–water partition coefficient (Wildman–Crippen LogP) is 1.58. The Bertz CT molecular complexity index is 346. The summed E-state index contributed by atoms with van der Waals surface area (Å²) < 4.78 is 5.47. The van der Waals surface area contributed by atoms with Crippen LogP contribution in [0.2, 0.25) is 5.02 Å². The maximum absolute atomic E-state index is 9.76. The van der Waals surface area contributed by atoms with Crippen LogP contribution >= 0.6 is 11.6 Å². The molecule has 18 heavy (non-hydrogen) atoms. The summed E-state index contributed by atoms with van der Waals surface area (Å²) in [6.07, 6.45) is -0.434. The van der Waals surface area contributed by atoms with Crippen LogP contribution < -0.4 is 5.32 Å². The highest BCUT2D eigenvalue weighted by atomic mass is 35.5. The number of benzene rings is 1. The third-order valence-electron chi connectivity index (χ3n) is 2.49. The van der Waals surface area contributed by atoms with Gasteiger partial charge in [0.25, 0.3) is 0 Å². The van der Waals surface area contributed by atoms with Gasteiger partial charge in [-0.3, -0.25) is 0 Å². The van der Waals surface area contributed by atoms with Crippen molar-refractivity contribution >= 4 is 11.6 Å².